The topological polar surface area (TPSA) is 55.4 Å². The Kier molecular flexibility index (Phi) is 4.73. The predicted octanol–water partition coefficient (Wildman–Crippen LogP) is -0.660. The molecule has 0 heterocycles. The van der Waals surface area contributed by atoms with Gasteiger partial charge in [-0.2, -0.15) is 0 Å². The smallest absolute Gasteiger partial charge is 0.319 e. The zero-order valence-electron chi connectivity index (χ0n) is 7.09. The Morgan fingerprint density at radius 2 is 2.25 bits per heavy atom. The first-order chi connectivity index (χ1) is 5.61. The molecule has 1 N–H and O–H groups in total. The molecule has 0 aliphatic heterocycles. The number of hydrogen-bond donors (Lipinski definition) is 1. The zero-order chi connectivity index (χ0) is 9.56. The highest BCUT2D eigenvalue weighted by molar-refractivity contribution is 5.85. The van der Waals surface area contributed by atoms with Gasteiger partial charge in [0.2, 0.25) is 0 Å². The van der Waals surface area contributed by atoms with Crippen LogP contribution in [0.3, 0.4) is 0 Å². The van der Waals surface area contributed by atoms with E-state index in [1.165, 1.54) is 14.0 Å². The number of nitrogens with one attached hydrogen (secondary N) is 1. The third kappa shape index (κ3) is 3.74. The van der Waals surface area contributed by atoms with Crippen LogP contribution in [0.5, 0.6) is 0 Å². The minimum Gasteiger partial charge on any atom is -0.468 e. The van der Waals surface area contributed by atoms with Crippen molar-refractivity contribution in [3.05, 3.63) is 0 Å². The highest BCUT2D eigenvalue weighted by Gasteiger charge is 2.11. The van der Waals surface area contributed by atoms with Gasteiger partial charge in [-0.1, -0.05) is 5.92 Å². The van der Waals surface area contributed by atoms with Crippen LogP contribution < -0.4 is 5.32 Å². The first-order valence-corrected chi connectivity index (χ1v) is 3.38. The van der Waals surface area contributed by atoms with Crippen molar-refractivity contribution in [1.82, 2.24) is 5.32 Å². The van der Waals surface area contributed by atoms with Crippen LogP contribution in [0.2, 0.25) is 0 Å². The Balaban J connectivity index is 3.83. The summed E-state index contributed by atoms with van der Waals surface area (Å²) in [6, 6.07) is -0.705. The molecule has 0 aliphatic rings. The molecule has 66 valence electrons. The molecule has 0 aromatic rings. The van der Waals surface area contributed by atoms with Gasteiger partial charge in [0.15, 0.2) is 5.78 Å². The highest BCUT2D eigenvalue weighted by Crippen LogP contribution is 1.82. The maximum Gasteiger partial charge on any atom is 0.319 e. The largest absolute Gasteiger partial charge is 0.468 e. The van der Waals surface area contributed by atoms with E-state index in [-0.39, 0.29) is 12.3 Å². The highest BCUT2D eigenvalue weighted by atomic mass is 16.5. The molecular formula is C8H11NO3. The number of Topliss-reactive ketones (excluding diaryl/α,β-unsaturated/α-hetero) is 1. The van der Waals surface area contributed by atoms with Crippen LogP contribution in [-0.4, -0.2) is 31.4 Å². The van der Waals surface area contributed by atoms with Crippen molar-refractivity contribution in [1.29, 1.82) is 0 Å². The summed E-state index contributed by atoms with van der Waals surface area (Å²) in [6.45, 7) is 1.31. The fraction of sp³-hybridized carbons (Fsp3) is 0.500. The molecule has 0 aliphatic carbocycles. The molecule has 1 atom stereocenters. The molecule has 4 nitrogen and oxygen atoms in total. The van der Waals surface area contributed by atoms with Crippen LogP contribution in [0, 0.1) is 12.3 Å². The number of hydrogen-bond acceptors (Lipinski definition) is 4. The van der Waals surface area contributed by atoms with E-state index in [0.29, 0.717) is 0 Å². The van der Waals surface area contributed by atoms with Crippen LogP contribution in [0.25, 0.3) is 0 Å². The Labute approximate surface area is 71.3 Å². The van der Waals surface area contributed by atoms with Crippen molar-refractivity contribution in [3.8, 4) is 12.3 Å². The maximum absolute atomic E-state index is 10.7. The lowest BCUT2D eigenvalue weighted by atomic mass is 10.2. The minimum absolute atomic E-state index is 0.0506. The van der Waals surface area contributed by atoms with Gasteiger partial charge in [-0.05, 0) is 6.92 Å². The third-order valence-corrected chi connectivity index (χ3v) is 1.25. The van der Waals surface area contributed by atoms with Crippen LogP contribution in [0.1, 0.15) is 6.92 Å². The molecule has 4 heteroatoms. The lowest BCUT2D eigenvalue weighted by Crippen LogP contribution is -2.37. The average molecular weight is 169 g/mol. The summed E-state index contributed by atoms with van der Waals surface area (Å²) in [5.74, 6) is 1.57. The van der Waals surface area contributed by atoms with Crippen molar-refractivity contribution in [3.63, 3.8) is 0 Å². The second-order valence-electron chi connectivity index (χ2n) is 2.17. The van der Waals surface area contributed by atoms with Gasteiger partial charge >= 0.3 is 5.97 Å². The van der Waals surface area contributed by atoms with Gasteiger partial charge in [0, 0.05) is 0 Å². The number of ether oxygens (including phenoxy) is 1. The third-order valence-electron chi connectivity index (χ3n) is 1.25. The fourth-order valence-electron chi connectivity index (χ4n) is 0.578. The maximum atomic E-state index is 10.7. The molecule has 0 aromatic heterocycles. The molecule has 12 heavy (non-hydrogen) atoms. The van der Waals surface area contributed by atoms with Crippen molar-refractivity contribution in [2.75, 3.05) is 13.7 Å². The Bertz CT molecular complexity index is 217. The molecule has 1 unspecified atom stereocenters. The number of ketones is 1. The van der Waals surface area contributed by atoms with Gasteiger partial charge in [0.05, 0.1) is 13.7 Å². The summed E-state index contributed by atoms with van der Waals surface area (Å²) >= 11 is 0. The second-order valence-corrected chi connectivity index (χ2v) is 2.17. The molecule has 0 radical (unpaired) electrons. The summed E-state index contributed by atoms with van der Waals surface area (Å²) < 4.78 is 4.34. The number of esters is 1. The lowest BCUT2D eigenvalue weighted by Gasteiger charge is -2.07. The van der Waals surface area contributed by atoms with Crippen LogP contribution in [0.4, 0.5) is 0 Å². The van der Waals surface area contributed by atoms with E-state index in [0.717, 1.165) is 0 Å². The first-order valence-electron chi connectivity index (χ1n) is 3.38. The molecule has 0 bridgehead atoms. The van der Waals surface area contributed by atoms with Crippen molar-refractivity contribution in [2.24, 2.45) is 0 Å². The number of methoxy groups -OCH3 is 1. The molecule has 0 amide bonds. The zero-order valence-corrected chi connectivity index (χ0v) is 7.09. The van der Waals surface area contributed by atoms with Gasteiger partial charge in [0.25, 0.3) is 0 Å². The first kappa shape index (κ1) is 10.7. The quantitative estimate of drug-likeness (QED) is 0.448. The Hall–Kier alpha value is -1.34. The van der Waals surface area contributed by atoms with Gasteiger partial charge < -0.3 is 4.74 Å². The van der Waals surface area contributed by atoms with Crippen molar-refractivity contribution < 1.29 is 14.3 Å². The summed E-state index contributed by atoms with van der Waals surface area (Å²) in [7, 11) is 1.27. The number of terminal acetylenes is 1. The van der Waals surface area contributed by atoms with E-state index in [4.69, 9.17) is 6.42 Å². The number of carbonyl (C=O) groups is 2. The van der Waals surface area contributed by atoms with E-state index in [1.807, 2.05) is 0 Å². The van der Waals surface area contributed by atoms with Crippen LogP contribution in [-0.2, 0) is 14.3 Å². The van der Waals surface area contributed by atoms with Crippen molar-refractivity contribution >= 4 is 11.8 Å². The van der Waals surface area contributed by atoms with E-state index < -0.39 is 12.0 Å². The van der Waals surface area contributed by atoms with Gasteiger partial charge in [-0.25, -0.2) is 0 Å². The Morgan fingerprint density at radius 1 is 1.67 bits per heavy atom. The molecule has 0 saturated heterocycles. The molecule has 0 rings (SSSR count). The molecule has 0 saturated carbocycles. The standard InChI is InChI=1S/C8H11NO3/c1-4-7(6(2)10)9-5-8(11)12-3/h1,7,9H,5H2,2-3H3. The summed E-state index contributed by atoms with van der Waals surface area (Å²) in [5, 5.41) is 2.56. The van der Waals surface area contributed by atoms with E-state index in [9.17, 15) is 9.59 Å². The van der Waals surface area contributed by atoms with Crippen LogP contribution >= 0.6 is 0 Å². The van der Waals surface area contributed by atoms with Gasteiger partial charge in [0.1, 0.15) is 6.04 Å². The van der Waals surface area contributed by atoms with Gasteiger partial charge in [-0.3, -0.25) is 14.9 Å². The SMILES string of the molecule is C#CC(NCC(=O)OC)C(C)=O. The minimum atomic E-state index is -0.705. The second kappa shape index (κ2) is 5.33. The van der Waals surface area contributed by atoms with Crippen LogP contribution in [0.15, 0.2) is 0 Å². The van der Waals surface area contributed by atoms with E-state index in [2.05, 4.69) is 16.0 Å². The summed E-state index contributed by atoms with van der Waals surface area (Å²) in [4.78, 5) is 21.3. The number of rotatable bonds is 4. The summed E-state index contributed by atoms with van der Waals surface area (Å²) in [6.07, 6.45) is 5.02. The lowest BCUT2D eigenvalue weighted by molar-refractivity contribution is -0.139. The molecular weight excluding hydrogens is 158 g/mol. The van der Waals surface area contributed by atoms with Gasteiger partial charge in [-0.15, -0.1) is 6.42 Å². The number of carbonyl (C=O) groups excluding carboxylic acids is 2. The van der Waals surface area contributed by atoms with Crippen molar-refractivity contribution in [2.45, 2.75) is 13.0 Å². The molecule has 0 spiro atoms. The fourth-order valence-corrected chi connectivity index (χ4v) is 0.578. The monoisotopic (exact) mass is 169 g/mol. The average Bonchev–Trinajstić information content (AvgIpc) is 2.04. The van der Waals surface area contributed by atoms with E-state index >= 15 is 0 Å². The Morgan fingerprint density at radius 3 is 2.58 bits per heavy atom. The normalized spacial score (nSPS) is 11.4. The molecule has 0 aromatic carbocycles. The van der Waals surface area contributed by atoms with E-state index in [1.54, 1.807) is 0 Å². The summed E-state index contributed by atoms with van der Waals surface area (Å²) in [5.41, 5.74) is 0. The predicted molar refractivity (Wildman–Crippen MR) is 43.3 cm³/mol. The molecule has 0 fully saturated rings.